The van der Waals surface area contributed by atoms with Crippen LogP contribution in [0.25, 0.3) is 0 Å². The highest BCUT2D eigenvalue weighted by Crippen LogP contribution is 2.33. The number of nitrogens with zero attached hydrogens (tertiary/aromatic N) is 3. The molecule has 5 nitrogen and oxygen atoms in total. The van der Waals surface area contributed by atoms with Gasteiger partial charge in [0.15, 0.2) is 5.82 Å². The van der Waals surface area contributed by atoms with Crippen molar-refractivity contribution < 1.29 is 0 Å². The molecule has 1 saturated carbocycles. The highest BCUT2D eigenvalue weighted by atomic mass is 16.1. The third-order valence-corrected chi connectivity index (χ3v) is 4.98. The molecule has 2 unspecified atom stereocenters. The van der Waals surface area contributed by atoms with Gasteiger partial charge >= 0.3 is 0 Å². The van der Waals surface area contributed by atoms with Crippen LogP contribution in [0.4, 0.5) is 5.82 Å². The lowest BCUT2D eigenvalue weighted by Crippen LogP contribution is -2.53. The molecule has 1 aromatic rings. The summed E-state index contributed by atoms with van der Waals surface area (Å²) in [6, 6.07) is 1.08. The zero-order valence-corrected chi connectivity index (χ0v) is 11.8. The average molecular weight is 274 g/mol. The van der Waals surface area contributed by atoms with Crippen LogP contribution < -0.4 is 15.8 Å². The molecule has 5 heteroatoms. The number of hydrogen-bond acceptors (Lipinski definition) is 4. The largest absolute Gasteiger partial charge is 0.352 e. The van der Waals surface area contributed by atoms with Gasteiger partial charge in [0.05, 0.1) is 0 Å². The number of rotatable bonds is 2. The molecule has 0 spiro atoms. The van der Waals surface area contributed by atoms with E-state index in [4.69, 9.17) is 0 Å². The van der Waals surface area contributed by atoms with Gasteiger partial charge in [0.1, 0.15) is 0 Å². The van der Waals surface area contributed by atoms with E-state index in [0.29, 0.717) is 23.8 Å². The minimum Gasteiger partial charge on any atom is -0.352 e. The summed E-state index contributed by atoms with van der Waals surface area (Å²) in [6.07, 6.45) is 9.57. The molecule has 1 aliphatic carbocycles. The third-order valence-electron chi connectivity index (χ3n) is 4.98. The first-order valence-electron chi connectivity index (χ1n) is 7.88. The lowest BCUT2D eigenvalue weighted by atomic mass is 9.85. The van der Waals surface area contributed by atoms with E-state index in [0.717, 1.165) is 38.9 Å². The molecule has 3 fully saturated rings. The maximum absolute atomic E-state index is 12.6. The van der Waals surface area contributed by atoms with Crippen molar-refractivity contribution >= 4 is 5.82 Å². The zero-order valence-electron chi connectivity index (χ0n) is 11.8. The molecule has 1 N–H and O–H groups in total. The lowest BCUT2D eigenvalue weighted by molar-refractivity contribution is 0.243. The van der Waals surface area contributed by atoms with E-state index in [1.54, 1.807) is 6.20 Å². The van der Waals surface area contributed by atoms with Crippen molar-refractivity contribution in [1.29, 1.82) is 0 Å². The Balaban J connectivity index is 1.58. The molecular formula is C15H22N4O. The Bertz CT molecular complexity index is 551. The highest BCUT2D eigenvalue weighted by molar-refractivity contribution is 5.37. The van der Waals surface area contributed by atoms with E-state index in [1.165, 1.54) is 12.8 Å². The Kier molecular flexibility index (Phi) is 3.02. The molecule has 1 aromatic heterocycles. The van der Waals surface area contributed by atoms with Gasteiger partial charge in [-0.2, -0.15) is 0 Å². The van der Waals surface area contributed by atoms with Crippen LogP contribution >= 0.6 is 0 Å². The number of aromatic nitrogens is 2. The Morgan fingerprint density at radius 2 is 2.15 bits per heavy atom. The van der Waals surface area contributed by atoms with Gasteiger partial charge in [-0.05, 0) is 44.6 Å². The van der Waals surface area contributed by atoms with Crippen LogP contribution in [-0.4, -0.2) is 35.2 Å². The van der Waals surface area contributed by atoms with E-state index in [9.17, 15) is 4.79 Å². The minimum atomic E-state index is 0.109. The molecule has 108 valence electrons. The number of fused-ring (bicyclic) bond motifs is 1. The fourth-order valence-electron chi connectivity index (χ4n) is 3.71. The summed E-state index contributed by atoms with van der Waals surface area (Å²) in [5.41, 5.74) is 0.109. The van der Waals surface area contributed by atoms with Crippen LogP contribution in [0.2, 0.25) is 0 Å². The van der Waals surface area contributed by atoms with E-state index >= 15 is 0 Å². The molecule has 0 radical (unpaired) electrons. The zero-order chi connectivity index (χ0) is 13.5. The summed E-state index contributed by atoms with van der Waals surface area (Å²) in [6.45, 7) is 3.08. The van der Waals surface area contributed by atoms with Crippen LogP contribution in [0.15, 0.2) is 17.2 Å². The fourth-order valence-corrected chi connectivity index (χ4v) is 3.71. The van der Waals surface area contributed by atoms with Gasteiger partial charge in [0.2, 0.25) is 0 Å². The van der Waals surface area contributed by atoms with Crippen molar-refractivity contribution in [2.24, 2.45) is 5.92 Å². The molecule has 2 saturated heterocycles. The Hall–Kier alpha value is -1.36. The molecule has 2 atom stereocenters. The number of piperidine rings is 2. The number of anilines is 1. The van der Waals surface area contributed by atoms with E-state index < -0.39 is 0 Å². The summed E-state index contributed by atoms with van der Waals surface area (Å²) in [4.78, 5) is 19.2. The second kappa shape index (κ2) is 4.88. The number of nitrogens with one attached hydrogen (secondary N) is 1. The van der Waals surface area contributed by atoms with Gasteiger partial charge in [0, 0.05) is 37.6 Å². The summed E-state index contributed by atoms with van der Waals surface area (Å²) < 4.78 is 1.88. The average Bonchev–Trinajstić information content (AvgIpc) is 3.32. The summed E-state index contributed by atoms with van der Waals surface area (Å²) >= 11 is 0. The molecule has 2 aliphatic heterocycles. The predicted octanol–water partition coefficient (Wildman–Crippen LogP) is 1.16. The minimum absolute atomic E-state index is 0.109. The van der Waals surface area contributed by atoms with Crippen molar-refractivity contribution in [3.63, 3.8) is 0 Å². The van der Waals surface area contributed by atoms with Crippen LogP contribution in [0.3, 0.4) is 0 Å². The van der Waals surface area contributed by atoms with Gasteiger partial charge in [0.25, 0.3) is 5.56 Å². The molecular weight excluding hydrogens is 252 g/mol. The van der Waals surface area contributed by atoms with Gasteiger partial charge in [-0.3, -0.25) is 4.79 Å². The van der Waals surface area contributed by atoms with E-state index in [2.05, 4.69) is 15.2 Å². The molecule has 4 rings (SSSR count). The summed E-state index contributed by atoms with van der Waals surface area (Å²) in [5, 5.41) is 3.62. The maximum atomic E-state index is 12.6. The quantitative estimate of drug-likeness (QED) is 0.879. The first-order chi connectivity index (χ1) is 9.83. The standard InChI is InChI=1S/C15H22N4O/c20-15-14(17-7-9-19(15)12-3-4-12)18-8-5-13-11(10-18)2-1-6-16-13/h7,9,11-13,16H,1-6,8,10H2. The summed E-state index contributed by atoms with van der Waals surface area (Å²) in [5.74, 6) is 1.34. The van der Waals surface area contributed by atoms with Crippen LogP contribution in [-0.2, 0) is 0 Å². The van der Waals surface area contributed by atoms with Gasteiger partial charge in [-0.25, -0.2) is 4.98 Å². The number of hydrogen-bond donors (Lipinski definition) is 1. The SMILES string of the molecule is O=c1c(N2CCC3NCCCC3C2)nccn1C1CC1. The third kappa shape index (κ3) is 2.14. The molecule has 3 aliphatic rings. The topological polar surface area (TPSA) is 50.2 Å². The predicted molar refractivity (Wildman–Crippen MR) is 78.1 cm³/mol. The Morgan fingerprint density at radius 1 is 1.25 bits per heavy atom. The Labute approximate surface area is 119 Å². The van der Waals surface area contributed by atoms with E-state index in [1.807, 2.05) is 10.8 Å². The monoisotopic (exact) mass is 274 g/mol. The molecule has 3 heterocycles. The van der Waals surface area contributed by atoms with Crippen molar-refractivity contribution in [3.05, 3.63) is 22.7 Å². The van der Waals surface area contributed by atoms with Gasteiger partial charge in [-0.1, -0.05) is 0 Å². The Morgan fingerprint density at radius 3 is 3.00 bits per heavy atom. The molecule has 0 amide bonds. The van der Waals surface area contributed by atoms with Crippen LogP contribution in [0, 0.1) is 5.92 Å². The summed E-state index contributed by atoms with van der Waals surface area (Å²) in [7, 11) is 0. The lowest BCUT2D eigenvalue weighted by Gasteiger charge is -2.42. The fraction of sp³-hybridized carbons (Fsp3) is 0.733. The molecule has 0 aromatic carbocycles. The van der Waals surface area contributed by atoms with Crippen molar-refractivity contribution in [2.75, 3.05) is 24.5 Å². The van der Waals surface area contributed by atoms with Gasteiger partial charge < -0.3 is 14.8 Å². The normalized spacial score (nSPS) is 30.1. The van der Waals surface area contributed by atoms with Crippen molar-refractivity contribution in [1.82, 2.24) is 14.9 Å². The van der Waals surface area contributed by atoms with Gasteiger partial charge in [-0.15, -0.1) is 0 Å². The smallest absolute Gasteiger partial charge is 0.293 e. The first-order valence-corrected chi connectivity index (χ1v) is 7.88. The van der Waals surface area contributed by atoms with Crippen molar-refractivity contribution in [3.8, 4) is 0 Å². The second-order valence-electron chi connectivity index (χ2n) is 6.39. The molecule has 20 heavy (non-hydrogen) atoms. The van der Waals surface area contributed by atoms with Crippen LogP contribution in [0.1, 0.15) is 38.1 Å². The molecule has 0 bridgehead atoms. The van der Waals surface area contributed by atoms with Crippen molar-refractivity contribution in [2.45, 2.75) is 44.2 Å². The maximum Gasteiger partial charge on any atom is 0.293 e. The van der Waals surface area contributed by atoms with Crippen LogP contribution in [0.5, 0.6) is 0 Å². The highest BCUT2D eigenvalue weighted by Gasteiger charge is 2.33. The van der Waals surface area contributed by atoms with E-state index in [-0.39, 0.29) is 5.56 Å². The first kappa shape index (κ1) is 12.4. The second-order valence-corrected chi connectivity index (χ2v) is 6.39.